The van der Waals surface area contributed by atoms with Gasteiger partial charge >= 0.3 is 0 Å². The van der Waals surface area contributed by atoms with E-state index in [1.165, 1.54) is 12.8 Å². The van der Waals surface area contributed by atoms with Gasteiger partial charge in [0, 0.05) is 0 Å². The van der Waals surface area contributed by atoms with Crippen molar-refractivity contribution in [3.05, 3.63) is 29.8 Å². The van der Waals surface area contributed by atoms with E-state index in [0.717, 1.165) is 30.6 Å². The molecule has 0 heterocycles. The van der Waals surface area contributed by atoms with Crippen molar-refractivity contribution in [2.75, 3.05) is 0 Å². The first-order valence-electron chi connectivity index (χ1n) is 7.89. The van der Waals surface area contributed by atoms with Gasteiger partial charge in [-0.15, -0.1) is 0 Å². The molecule has 0 bridgehead atoms. The monoisotopic (exact) mass is 274 g/mol. The van der Waals surface area contributed by atoms with Crippen LogP contribution in [0.15, 0.2) is 24.3 Å². The summed E-state index contributed by atoms with van der Waals surface area (Å²) < 4.78 is 5.87. The van der Waals surface area contributed by atoms with Gasteiger partial charge in [-0.25, -0.2) is 0 Å². The van der Waals surface area contributed by atoms with Gasteiger partial charge in [0.1, 0.15) is 5.75 Å². The summed E-state index contributed by atoms with van der Waals surface area (Å²) in [6.07, 6.45) is 5.72. The molecule has 110 valence electrons. The molecule has 3 rings (SSSR count). The molecular weight excluding hydrogens is 248 g/mol. The molecule has 20 heavy (non-hydrogen) atoms. The zero-order chi connectivity index (χ0) is 14.4. The van der Waals surface area contributed by atoms with Gasteiger partial charge in [0.15, 0.2) is 0 Å². The van der Waals surface area contributed by atoms with Crippen LogP contribution in [0.1, 0.15) is 58.4 Å². The van der Waals surface area contributed by atoms with Crippen molar-refractivity contribution >= 4 is 0 Å². The van der Waals surface area contributed by atoms with Crippen LogP contribution < -0.4 is 4.74 Å². The highest BCUT2D eigenvalue weighted by atomic mass is 16.5. The minimum atomic E-state index is -0.696. The first kappa shape index (κ1) is 13.9. The zero-order valence-corrected chi connectivity index (χ0v) is 12.9. The van der Waals surface area contributed by atoms with Crippen LogP contribution in [0.2, 0.25) is 0 Å². The van der Waals surface area contributed by atoms with Crippen LogP contribution in [0, 0.1) is 11.3 Å². The van der Waals surface area contributed by atoms with Crippen LogP contribution >= 0.6 is 0 Å². The molecule has 2 nitrogen and oxygen atoms in total. The van der Waals surface area contributed by atoms with Gasteiger partial charge in [-0.1, -0.05) is 32.9 Å². The highest BCUT2D eigenvalue weighted by molar-refractivity contribution is 5.33. The molecule has 2 saturated carbocycles. The van der Waals surface area contributed by atoms with Gasteiger partial charge in [0.25, 0.3) is 0 Å². The lowest BCUT2D eigenvalue weighted by atomic mass is 9.63. The Kier molecular flexibility index (Phi) is 3.32. The predicted octanol–water partition coefficient (Wildman–Crippen LogP) is 4.26. The van der Waals surface area contributed by atoms with Crippen LogP contribution in [0.5, 0.6) is 5.75 Å². The molecule has 2 unspecified atom stereocenters. The second kappa shape index (κ2) is 4.77. The normalized spacial score (nSPS) is 32.9. The minimum absolute atomic E-state index is 0.280. The fourth-order valence-corrected chi connectivity index (χ4v) is 3.52. The lowest BCUT2D eigenvalue weighted by Gasteiger charge is -2.45. The van der Waals surface area contributed by atoms with Crippen LogP contribution in [0.25, 0.3) is 0 Å². The van der Waals surface area contributed by atoms with Crippen LogP contribution in [-0.2, 0) is 5.60 Å². The molecule has 0 aliphatic heterocycles. The van der Waals surface area contributed by atoms with E-state index in [-0.39, 0.29) is 5.92 Å². The zero-order valence-electron chi connectivity index (χ0n) is 12.9. The summed E-state index contributed by atoms with van der Waals surface area (Å²) in [5, 5.41) is 11.2. The largest absolute Gasteiger partial charge is 0.490 e. The molecule has 0 aromatic heterocycles. The lowest BCUT2D eigenvalue weighted by molar-refractivity contribution is -0.0770. The molecule has 2 fully saturated rings. The standard InChI is InChI=1S/C18H26O2/c1-13-12-17(2,3)9-10-18(13,19)14-5-4-6-16(11-14)20-15-7-8-15/h4-6,11,13,15,19H,7-10,12H2,1-3H3. The van der Waals surface area contributed by atoms with E-state index >= 15 is 0 Å². The lowest BCUT2D eigenvalue weighted by Crippen LogP contribution is -2.41. The van der Waals surface area contributed by atoms with Crippen molar-refractivity contribution in [1.29, 1.82) is 0 Å². The molecule has 2 aliphatic carbocycles. The average Bonchev–Trinajstić information content (AvgIpc) is 3.18. The number of rotatable bonds is 3. The Morgan fingerprint density at radius 3 is 2.60 bits per heavy atom. The average molecular weight is 274 g/mol. The number of hydrogen-bond donors (Lipinski definition) is 1. The van der Waals surface area contributed by atoms with Gasteiger partial charge in [0.05, 0.1) is 11.7 Å². The van der Waals surface area contributed by atoms with E-state index in [2.05, 4.69) is 26.8 Å². The summed E-state index contributed by atoms with van der Waals surface area (Å²) in [5.41, 5.74) is 0.672. The summed E-state index contributed by atoms with van der Waals surface area (Å²) >= 11 is 0. The highest BCUT2D eigenvalue weighted by Crippen LogP contribution is 2.49. The summed E-state index contributed by atoms with van der Waals surface area (Å²) in [6, 6.07) is 8.11. The molecule has 1 aromatic rings. The SMILES string of the molecule is CC1CC(C)(C)CCC1(O)c1cccc(OC2CC2)c1. The molecule has 2 aliphatic rings. The topological polar surface area (TPSA) is 29.5 Å². The Morgan fingerprint density at radius 1 is 1.20 bits per heavy atom. The molecule has 2 heteroatoms. The Bertz CT molecular complexity index is 490. The molecule has 1 N–H and O–H groups in total. The molecule has 0 saturated heterocycles. The van der Waals surface area contributed by atoms with Crippen molar-refractivity contribution in [1.82, 2.24) is 0 Å². The maximum atomic E-state index is 11.2. The summed E-state index contributed by atoms with van der Waals surface area (Å²) in [5.74, 6) is 1.19. The summed E-state index contributed by atoms with van der Waals surface area (Å²) in [6.45, 7) is 6.78. The number of ether oxygens (including phenoxy) is 1. The third-order valence-corrected chi connectivity index (χ3v) is 5.02. The highest BCUT2D eigenvalue weighted by Gasteiger charge is 2.43. The van der Waals surface area contributed by atoms with Crippen molar-refractivity contribution < 1.29 is 9.84 Å². The second-order valence-corrected chi connectivity index (χ2v) is 7.54. The fraction of sp³-hybridized carbons (Fsp3) is 0.667. The number of benzene rings is 1. The third-order valence-electron chi connectivity index (χ3n) is 5.02. The maximum Gasteiger partial charge on any atom is 0.120 e. The molecule has 2 atom stereocenters. The Balaban J connectivity index is 1.83. The number of aliphatic hydroxyl groups is 1. The van der Waals surface area contributed by atoms with Crippen LogP contribution in [-0.4, -0.2) is 11.2 Å². The van der Waals surface area contributed by atoms with Gasteiger partial charge < -0.3 is 9.84 Å². The van der Waals surface area contributed by atoms with Crippen LogP contribution in [0.4, 0.5) is 0 Å². The maximum absolute atomic E-state index is 11.2. The van der Waals surface area contributed by atoms with E-state index in [0.29, 0.717) is 11.5 Å². The van der Waals surface area contributed by atoms with E-state index in [1.54, 1.807) is 0 Å². The smallest absolute Gasteiger partial charge is 0.120 e. The van der Waals surface area contributed by atoms with Crippen molar-refractivity contribution in [2.24, 2.45) is 11.3 Å². The van der Waals surface area contributed by atoms with E-state index in [9.17, 15) is 5.11 Å². The molecule has 0 amide bonds. The third kappa shape index (κ3) is 2.71. The van der Waals surface area contributed by atoms with E-state index in [1.807, 2.05) is 18.2 Å². The predicted molar refractivity (Wildman–Crippen MR) is 80.8 cm³/mol. The minimum Gasteiger partial charge on any atom is -0.490 e. The quantitative estimate of drug-likeness (QED) is 0.892. The Hall–Kier alpha value is -1.02. The van der Waals surface area contributed by atoms with Gasteiger partial charge in [-0.3, -0.25) is 0 Å². The second-order valence-electron chi connectivity index (χ2n) is 7.54. The Labute approximate surface area is 122 Å². The molecule has 1 aromatic carbocycles. The summed E-state index contributed by atoms with van der Waals surface area (Å²) in [4.78, 5) is 0. The summed E-state index contributed by atoms with van der Waals surface area (Å²) in [7, 11) is 0. The van der Waals surface area contributed by atoms with Gasteiger partial charge in [-0.2, -0.15) is 0 Å². The fourth-order valence-electron chi connectivity index (χ4n) is 3.52. The molecular formula is C18H26O2. The van der Waals surface area contributed by atoms with Crippen molar-refractivity contribution in [2.45, 2.75) is 64.6 Å². The Morgan fingerprint density at radius 2 is 1.95 bits per heavy atom. The van der Waals surface area contributed by atoms with Gasteiger partial charge in [-0.05, 0) is 61.1 Å². The molecule has 0 radical (unpaired) electrons. The van der Waals surface area contributed by atoms with Gasteiger partial charge in [0.2, 0.25) is 0 Å². The van der Waals surface area contributed by atoms with E-state index in [4.69, 9.17) is 4.74 Å². The van der Waals surface area contributed by atoms with Crippen LogP contribution in [0.3, 0.4) is 0 Å². The van der Waals surface area contributed by atoms with Crippen molar-refractivity contribution in [3.63, 3.8) is 0 Å². The first-order valence-corrected chi connectivity index (χ1v) is 7.89. The molecule has 0 spiro atoms. The van der Waals surface area contributed by atoms with E-state index < -0.39 is 5.60 Å². The van der Waals surface area contributed by atoms with Crippen molar-refractivity contribution in [3.8, 4) is 5.75 Å². The number of hydrogen-bond acceptors (Lipinski definition) is 2. The first-order chi connectivity index (χ1) is 9.39.